The van der Waals surface area contributed by atoms with Crippen LogP contribution in [0.2, 0.25) is 0 Å². The molecule has 0 aliphatic carbocycles. The van der Waals surface area contributed by atoms with Gasteiger partial charge in [-0.2, -0.15) is 11.8 Å². The highest BCUT2D eigenvalue weighted by Gasteiger charge is 2.09. The smallest absolute Gasteiger partial charge is 0.0327 e. The molecule has 0 spiro atoms. The quantitative estimate of drug-likeness (QED) is 0.748. The Bertz CT molecular complexity index is 294. The van der Waals surface area contributed by atoms with Gasteiger partial charge in [-0.05, 0) is 42.5 Å². The highest BCUT2D eigenvalue weighted by Crippen LogP contribution is 2.19. The lowest BCUT2D eigenvalue weighted by atomic mass is 10.0. The van der Waals surface area contributed by atoms with Gasteiger partial charge in [-0.15, -0.1) is 0 Å². The average molecular weight is 251 g/mol. The summed E-state index contributed by atoms with van der Waals surface area (Å²) in [6.07, 6.45) is 5.80. The molecular weight excluding hydrogens is 226 g/mol. The van der Waals surface area contributed by atoms with E-state index in [-0.39, 0.29) is 0 Å². The second-order valence-electron chi connectivity index (χ2n) is 4.38. The fourth-order valence-electron chi connectivity index (χ4n) is 2.07. The van der Waals surface area contributed by atoms with Crippen LogP contribution in [0.1, 0.15) is 43.9 Å². The van der Waals surface area contributed by atoms with E-state index in [9.17, 15) is 0 Å². The van der Waals surface area contributed by atoms with Crippen LogP contribution in [0.3, 0.4) is 0 Å². The van der Waals surface area contributed by atoms with Gasteiger partial charge in [0.1, 0.15) is 0 Å². The SMILES string of the molecule is CCCc1ccc(C(CCSC)NCC)cc1. The maximum absolute atomic E-state index is 3.57. The normalized spacial score (nSPS) is 12.6. The van der Waals surface area contributed by atoms with E-state index in [4.69, 9.17) is 0 Å². The van der Waals surface area contributed by atoms with Crippen molar-refractivity contribution in [3.63, 3.8) is 0 Å². The van der Waals surface area contributed by atoms with Gasteiger partial charge in [-0.3, -0.25) is 0 Å². The molecule has 17 heavy (non-hydrogen) atoms. The monoisotopic (exact) mass is 251 g/mol. The summed E-state index contributed by atoms with van der Waals surface area (Å²) < 4.78 is 0. The van der Waals surface area contributed by atoms with Crippen LogP contribution < -0.4 is 5.32 Å². The van der Waals surface area contributed by atoms with Gasteiger partial charge < -0.3 is 5.32 Å². The van der Waals surface area contributed by atoms with E-state index in [1.54, 1.807) is 0 Å². The van der Waals surface area contributed by atoms with Gasteiger partial charge >= 0.3 is 0 Å². The Hall–Kier alpha value is -0.470. The van der Waals surface area contributed by atoms with Gasteiger partial charge in [0.2, 0.25) is 0 Å². The summed E-state index contributed by atoms with van der Waals surface area (Å²) in [7, 11) is 0. The van der Waals surface area contributed by atoms with E-state index < -0.39 is 0 Å². The van der Waals surface area contributed by atoms with Crippen LogP contribution >= 0.6 is 11.8 Å². The van der Waals surface area contributed by atoms with Crippen molar-refractivity contribution in [3.05, 3.63) is 35.4 Å². The van der Waals surface area contributed by atoms with E-state index in [0.717, 1.165) is 6.54 Å². The molecule has 1 rings (SSSR count). The van der Waals surface area contributed by atoms with Gasteiger partial charge in [0, 0.05) is 6.04 Å². The second kappa shape index (κ2) is 8.60. The number of hydrogen-bond acceptors (Lipinski definition) is 2. The standard InChI is InChI=1S/C15H25NS/c1-4-6-13-7-9-14(10-8-13)15(16-5-2)11-12-17-3/h7-10,15-16H,4-6,11-12H2,1-3H3. The second-order valence-corrected chi connectivity index (χ2v) is 5.37. The summed E-state index contributed by atoms with van der Waals surface area (Å²) >= 11 is 1.92. The molecule has 0 aromatic heterocycles. The number of aryl methyl sites for hydroxylation is 1. The number of thioether (sulfide) groups is 1. The van der Waals surface area contributed by atoms with Crippen molar-refractivity contribution in [2.45, 2.75) is 39.2 Å². The average Bonchev–Trinajstić information content (AvgIpc) is 2.36. The fraction of sp³-hybridized carbons (Fsp3) is 0.600. The van der Waals surface area contributed by atoms with E-state index >= 15 is 0 Å². The van der Waals surface area contributed by atoms with Gasteiger partial charge in [0.25, 0.3) is 0 Å². The summed E-state index contributed by atoms with van der Waals surface area (Å²) in [6, 6.07) is 9.66. The third-order valence-electron chi connectivity index (χ3n) is 2.98. The molecule has 0 saturated carbocycles. The first-order chi connectivity index (χ1) is 8.31. The third kappa shape index (κ3) is 5.13. The van der Waals surface area contributed by atoms with E-state index in [1.165, 1.54) is 36.1 Å². The van der Waals surface area contributed by atoms with Crippen molar-refractivity contribution in [2.24, 2.45) is 0 Å². The van der Waals surface area contributed by atoms with Crippen molar-refractivity contribution >= 4 is 11.8 Å². The van der Waals surface area contributed by atoms with Crippen LogP contribution in [0.5, 0.6) is 0 Å². The molecule has 2 heteroatoms. The molecule has 1 nitrogen and oxygen atoms in total. The minimum Gasteiger partial charge on any atom is -0.310 e. The predicted molar refractivity (Wildman–Crippen MR) is 79.9 cm³/mol. The molecule has 0 aliphatic rings. The molecule has 1 N–H and O–H groups in total. The van der Waals surface area contributed by atoms with Crippen molar-refractivity contribution in [1.29, 1.82) is 0 Å². The highest BCUT2D eigenvalue weighted by molar-refractivity contribution is 7.98. The van der Waals surface area contributed by atoms with Crippen molar-refractivity contribution in [2.75, 3.05) is 18.6 Å². The topological polar surface area (TPSA) is 12.0 Å². The number of rotatable bonds is 8. The summed E-state index contributed by atoms with van der Waals surface area (Å²) in [4.78, 5) is 0. The van der Waals surface area contributed by atoms with Gasteiger partial charge in [0.15, 0.2) is 0 Å². The first-order valence-corrected chi connectivity index (χ1v) is 8.02. The predicted octanol–water partition coefficient (Wildman–Crippen LogP) is 4.04. The Labute approximate surface area is 110 Å². The van der Waals surface area contributed by atoms with Crippen LogP contribution in [-0.4, -0.2) is 18.6 Å². The maximum Gasteiger partial charge on any atom is 0.0327 e. The van der Waals surface area contributed by atoms with E-state index in [0.29, 0.717) is 6.04 Å². The minimum absolute atomic E-state index is 0.517. The largest absolute Gasteiger partial charge is 0.310 e. The number of nitrogens with one attached hydrogen (secondary N) is 1. The zero-order valence-electron chi connectivity index (χ0n) is 11.3. The van der Waals surface area contributed by atoms with Crippen LogP contribution in [0.15, 0.2) is 24.3 Å². The van der Waals surface area contributed by atoms with Crippen LogP contribution in [0.25, 0.3) is 0 Å². The Morgan fingerprint density at radius 3 is 2.41 bits per heavy atom. The first-order valence-electron chi connectivity index (χ1n) is 6.63. The molecular formula is C15H25NS. The zero-order chi connectivity index (χ0) is 12.5. The molecule has 0 saturated heterocycles. The van der Waals surface area contributed by atoms with Gasteiger partial charge in [0.05, 0.1) is 0 Å². The van der Waals surface area contributed by atoms with Crippen LogP contribution in [0, 0.1) is 0 Å². The van der Waals surface area contributed by atoms with Crippen LogP contribution in [-0.2, 0) is 6.42 Å². The Balaban J connectivity index is 2.65. The Kier molecular flexibility index (Phi) is 7.38. The fourth-order valence-corrected chi connectivity index (χ4v) is 2.55. The number of benzene rings is 1. The third-order valence-corrected chi connectivity index (χ3v) is 3.63. The molecule has 0 bridgehead atoms. The van der Waals surface area contributed by atoms with E-state index in [1.807, 2.05) is 11.8 Å². The van der Waals surface area contributed by atoms with E-state index in [2.05, 4.69) is 49.7 Å². The molecule has 1 aromatic rings. The van der Waals surface area contributed by atoms with Crippen molar-refractivity contribution in [1.82, 2.24) is 5.32 Å². The number of hydrogen-bond donors (Lipinski definition) is 1. The Morgan fingerprint density at radius 2 is 1.88 bits per heavy atom. The molecule has 0 amide bonds. The molecule has 1 unspecified atom stereocenters. The van der Waals surface area contributed by atoms with Gasteiger partial charge in [-0.25, -0.2) is 0 Å². The summed E-state index contributed by atoms with van der Waals surface area (Å²) in [5, 5.41) is 3.57. The molecule has 1 aromatic carbocycles. The lowest BCUT2D eigenvalue weighted by Crippen LogP contribution is -2.21. The Morgan fingerprint density at radius 1 is 1.18 bits per heavy atom. The van der Waals surface area contributed by atoms with Crippen LogP contribution in [0.4, 0.5) is 0 Å². The molecule has 0 aliphatic heterocycles. The first kappa shape index (κ1) is 14.6. The summed E-state index contributed by atoms with van der Waals surface area (Å²) in [5.41, 5.74) is 2.89. The molecule has 0 heterocycles. The minimum atomic E-state index is 0.517. The van der Waals surface area contributed by atoms with Crippen molar-refractivity contribution < 1.29 is 0 Å². The highest BCUT2D eigenvalue weighted by atomic mass is 32.2. The summed E-state index contributed by atoms with van der Waals surface area (Å²) in [5.74, 6) is 1.22. The molecule has 1 atom stereocenters. The van der Waals surface area contributed by atoms with Gasteiger partial charge in [-0.1, -0.05) is 44.5 Å². The lowest BCUT2D eigenvalue weighted by molar-refractivity contribution is 0.541. The molecule has 0 radical (unpaired) electrons. The van der Waals surface area contributed by atoms with Crippen molar-refractivity contribution in [3.8, 4) is 0 Å². The lowest BCUT2D eigenvalue weighted by Gasteiger charge is -2.18. The molecule has 0 fully saturated rings. The molecule has 96 valence electrons. The zero-order valence-corrected chi connectivity index (χ0v) is 12.1. The summed E-state index contributed by atoms with van der Waals surface area (Å²) in [6.45, 7) is 5.45. The maximum atomic E-state index is 3.57.